The highest BCUT2D eigenvalue weighted by Gasteiger charge is 2.48. The number of rotatable bonds is 6. The molecule has 0 bridgehead atoms. The molecule has 1 fully saturated rings. The van der Waals surface area contributed by atoms with Gasteiger partial charge < -0.3 is 10.6 Å². The molecule has 0 radical (unpaired) electrons. The number of benzene rings is 1. The molecule has 2 amide bonds. The van der Waals surface area contributed by atoms with Gasteiger partial charge in [-0.25, -0.2) is 0 Å². The first-order valence-corrected chi connectivity index (χ1v) is 8.05. The molecule has 1 aliphatic rings. The quantitative estimate of drug-likeness (QED) is 0.791. The smallest absolute Gasteiger partial charge is 0.252 e. The summed E-state index contributed by atoms with van der Waals surface area (Å²) in [7, 11) is 0. The molecule has 2 rings (SSSR count). The molecular formula is C14H17ClN2O2S. The van der Waals surface area contributed by atoms with E-state index in [0.717, 1.165) is 12.8 Å². The number of carbonyl (C=O) groups excluding carboxylic acids is 2. The van der Waals surface area contributed by atoms with Crippen molar-refractivity contribution < 1.29 is 9.59 Å². The van der Waals surface area contributed by atoms with E-state index in [0.29, 0.717) is 23.7 Å². The molecule has 108 valence electrons. The van der Waals surface area contributed by atoms with Gasteiger partial charge in [-0.05, 0) is 31.2 Å². The number of nitrogens with one attached hydrogen (secondary N) is 2. The van der Waals surface area contributed by atoms with E-state index in [9.17, 15) is 9.59 Å². The fourth-order valence-corrected chi connectivity index (χ4v) is 2.88. The van der Waals surface area contributed by atoms with Gasteiger partial charge in [0.15, 0.2) is 0 Å². The SMILES string of the molecule is CSC1(C(=O)NCCNC(=O)c2ccccc2Cl)CC1. The minimum absolute atomic E-state index is 0.0667. The fraction of sp³-hybridized carbons (Fsp3) is 0.429. The molecule has 0 unspecified atom stereocenters. The lowest BCUT2D eigenvalue weighted by atomic mass is 10.2. The lowest BCUT2D eigenvalue weighted by Crippen LogP contribution is -2.39. The second-order valence-electron chi connectivity index (χ2n) is 4.69. The minimum atomic E-state index is -0.226. The van der Waals surface area contributed by atoms with Gasteiger partial charge in [0.05, 0.1) is 15.3 Å². The number of thioether (sulfide) groups is 1. The molecule has 1 aromatic carbocycles. The molecule has 20 heavy (non-hydrogen) atoms. The van der Waals surface area contributed by atoms with Crippen molar-refractivity contribution in [2.75, 3.05) is 19.3 Å². The number of carbonyl (C=O) groups is 2. The van der Waals surface area contributed by atoms with Gasteiger partial charge in [-0.3, -0.25) is 9.59 Å². The Labute approximate surface area is 127 Å². The third-order valence-electron chi connectivity index (χ3n) is 3.32. The van der Waals surface area contributed by atoms with Gasteiger partial charge in [0.2, 0.25) is 5.91 Å². The highest BCUT2D eigenvalue weighted by Crippen LogP contribution is 2.47. The summed E-state index contributed by atoms with van der Waals surface area (Å²) in [5.41, 5.74) is 0.447. The molecule has 1 aromatic rings. The summed E-state index contributed by atoms with van der Waals surface area (Å²) in [6, 6.07) is 6.88. The Kier molecular flexibility index (Phi) is 4.94. The first-order valence-electron chi connectivity index (χ1n) is 6.45. The second kappa shape index (κ2) is 6.50. The predicted molar refractivity (Wildman–Crippen MR) is 82.3 cm³/mol. The monoisotopic (exact) mass is 312 g/mol. The van der Waals surface area contributed by atoms with Crippen LogP contribution in [0, 0.1) is 0 Å². The number of halogens is 1. The van der Waals surface area contributed by atoms with Crippen LogP contribution in [0.2, 0.25) is 5.02 Å². The van der Waals surface area contributed by atoms with Crippen LogP contribution in [-0.4, -0.2) is 35.9 Å². The highest BCUT2D eigenvalue weighted by atomic mass is 35.5. The molecule has 1 saturated carbocycles. The summed E-state index contributed by atoms with van der Waals surface area (Å²) in [5.74, 6) is -0.159. The lowest BCUT2D eigenvalue weighted by molar-refractivity contribution is -0.121. The Morgan fingerprint density at radius 2 is 1.90 bits per heavy atom. The van der Waals surface area contributed by atoms with E-state index in [4.69, 9.17) is 11.6 Å². The topological polar surface area (TPSA) is 58.2 Å². The maximum absolute atomic E-state index is 11.9. The third kappa shape index (κ3) is 3.46. The Morgan fingerprint density at radius 3 is 2.50 bits per heavy atom. The Hall–Kier alpha value is -1.20. The first-order chi connectivity index (χ1) is 9.59. The molecule has 4 nitrogen and oxygen atoms in total. The summed E-state index contributed by atoms with van der Waals surface area (Å²) < 4.78 is -0.216. The largest absolute Gasteiger partial charge is 0.353 e. The zero-order chi connectivity index (χ0) is 14.6. The number of hydrogen-bond donors (Lipinski definition) is 2. The Balaban J connectivity index is 1.73. The van der Waals surface area contributed by atoms with Gasteiger partial charge in [-0.15, -0.1) is 11.8 Å². The van der Waals surface area contributed by atoms with E-state index >= 15 is 0 Å². The van der Waals surface area contributed by atoms with Crippen LogP contribution in [0.25, 0.3) is 0 Å². The summed E-state index contributed by atoms with van der Waals surface area (Å²) in [6.45, 7) is 0.817. The van der Waals surface area contributed by atoms with E-state index in [-0.39, 0.29) is 16.6 Å². The molecular weight excluding hydrogens is 296 g/mol. The summed E-state index contributed by atoms with van der Waals surface area (Å²) in [5, 5.41) is 6.01. The minimum Gasteiger partial charge on any atom is -0.353 e. The van der Waals surface area contributed by atoms with Gasteiger partial charge in [0, 0.05) is 13.1 Å². The molecule has 0 aromatic heterocycles. The second-order valence-corrected chi connectivity index (χ2v) is 6.29. The van der Waals surface area contributed by atoms with Crippen LogP contribution in [0.5, 0.6) is 0 Å². The first kappa shape index (κ1) is 15.2. The van der Waals surface area contributed by atoms with E-state index < -0.39 is 0 Å². The standard InChI is InChI=1S/C14H17ClN2O2S/c1-20-14(6-7-14)13(19)17-9-8-16-12(18)10-4-2-3-5-11(10)15/h2-5H,6-9H2,1H3,(H,16,18)(H,17,19). The van der Waals surface area contributed by atoms with Crippen LogP contribution in [0.1, 0.15) is 23.2 Å². The molecule has 2 N–H and O–H groups in total. The van der Waals surface area contributed by atoms with Gasteiger partial charge >= 0.3 is 0 Å². The molecule has 0 spiro atoms. The van der Waals surface area contributed by atoms with Crippen molar-refractivity contribution in [2.24, 2.45) is 0 Å². The van der Waals surface area contributed by atoms with Crippen molar-refractivity contribution in [1.82, 2.24) is 10.6 Å². The van der Waals surface area contributed by atoms with Crippen molar-refractivity contribution in [1.29, 1.82) is 0 Å². The molecule has 0 atom stereocenters. The van der Waals surface area contributed by atoms with Crippen molar-refractivity contribution in [3.63, 3.8) is 0 Å². The van der Waals surface area contributed by atoms with Crippen LogP contribution in [0.15, 0.2) is 24.3 Å². The average Bonchev–Trinajstić information content (AvgIpc) is 3.24. The van der Waals surface area contributed by atoms with E-state index in [2.05, 4.69) is 10.6 Å². The maximum atomic E-state index is 11.9. The predicted octanol–water partition coefficient (Wildman–Crippen LogP) is 2.08. The maximum Gasteiger partial charge on any atom is 0.252 e. The number of hydrogen-bond acceptors (Lipinski definition) is 3. The highest BCUT2D eigenvalue weighted by molar-refractivity contribution is 8.01. The van der Waals surface area contributed by atoms with Crippen molar-refractivity contribution in [3.8, 4) is 0 Å². The Morgan fingerprint density at radius 1 is 1.25 bits per heavy atom. The summed E-state index contributed by atoms with van der Waals surface area (Å²) >= 11 is 7.53. The average molecular weight is 313 g/mol. The Bertz CT molecular complexity index is 518. The van der Waals surface area contributed by atoms with Crippen molar-refractivity contribution in [2.45, 2.75) is 17.6 Å². The summed E-state index contributed by atoms with van der Waals surface area (Å²) in [6.07, 6.45) is 3.82. The van der Waals surface area contributed by atoms with Gasteiger partial charge in [-0.1, -0.05) is 23.7 Å². The van der Waals surface area contributed by atoms with E-state index in [1.807, 2.05) is 6.26 Å². The van der Waals surface area contributed by atoms with Gasteiger partial charge in [0.1, 0.15) is 0 Å². The normalized spacial score (nSPS) is 15.5. The molecule has 1 aliphatic carbocycles. The molecule has 6 heteroatoms. The van der Waals surface area contributed by atoms with Gasteiger partial charge in [0.25, 0.3) is 5.91 Å². The van der Waals surface area contributed by atoms with Gasteiger partial charge in [-0.2, -0.15) is 0 Å². The third-order valence-corrected chi connectivity index (χ3v) is 5.03. The number of amides is 2. The molecule has 0 heterocycles. The van der Waals surface area contributed by atoms with Crippen LogP contribution < -0.4 is 10.6 Å². The van der Waals surface area contributed by atoms with E-state index in [1.165, 1.54) is 0 Å². The van der Waals surface area contributed by atoms with Crippen molar-refractivity contribution >= 4 is 35.2 Å². The lowest BCUT2D eigenvalue weighted by Gasteiger charge is -2.13. The van der Waals surface area contributed by atoms with Crippen LogP contribution in [0.3, 0.4) is 0 Å². The summed E-state index contributed by atoms with van der Waals surface area (Å²) in [4.78, 5) is 23.7. The van der Waals surface area contributed by atoms with E-state index in [1.54, 1.807) is 36.0 Å². The van der Waals surface area contributed by atoms with Crippen molar-refractivity contribution in [3.05, 3.63) is 34.9 Å². The zero-order valence-electron chi connectivity index (χ0n) is 11.2. The molecule has 0 saturated heterocycles. The van der Waals surface area contributed by atoms with Crippen LogP contribution in [-0.2, 0) is 4.79 Å². The fourth-order valence-electron chi connectivity index (χ4n) is 1.89. The molecule has 0 aliphatic heterocycles. The zero-order valence-corrected chi connectivity index (χ0v) is 12.8. The van der Waals surface area contributed by atoms with Crippen LogP contribution in [0.4, 0.5) is 0 Å². The van der Waals surface area contributed by atoms with Crippen LogP contribution >= 0.6 is 23.4 Å².